The first kappa shape index (κ1) is 14.0. The summed E-state index contributed by atoms with van der Waals surface area (Å²) in [6.07, 6.45) is 4.19. The molecule has 1 nitrogen and oxygen atoms in total. The molecule has 1 fully saturated rings. The molecule has 1 aliphatic carbocycles. The van der Waals surface area contributed by atoms with Crippen LogP contribution in [0.2, 0.25) is 0 Å². The molecule has 1 saturated carbocycles. The fourth-order valence-corrected chi connectivity index (χ4v) is 2.60. The molecule has 0 radical (unpaired) electrons. The van der Waals surface area contributed by atoms with Crippen LogP contribution in [0.15, 0.2) is 0 Å². The number of hydrogen-bond donors (Lipinski definition) is 1. The zero-order valence-electron chi connectivity index (χ0n) is 12.1. The molecule has 0 saturated heterocycles. The highest BCUT2D eigenvalue weighted by atomic mass is 14.9. The second-order valence-corrected chi connectivity index (χ2v) is 7.18. The van der Waals surface area contributed by atoms with Crippen molar-refractivity contribution in [1.82, 2.24) is 5.32 Å². The van der Waals surface area contributed by atoms with E-state index in [2.05, 4.69) is 46.9 Å². The summed E-state index contributed by atoms with van der Waals surface area (Å²) in [4.78, 5) is 0. The van der Waals surface area contributed by atoms with Crippen LogP contribution in [0.5, 0.6) is 0 Å². The maximum Gasteiger partial charge on any atom is 0.00930 e. The van der Waals surface area contributed by atoms with Gasteiger partial charge in [-0.3, -0.25) is 0 Å². The molecule has 1 heteroatoms. The van der Waals surface area contributed by atoms with Crippen molar-refractivity contribution < 1.29 is 0 Å². The van der Waals surface area contributed by atoms with E-state index in [1.165, 1.54) is 25.8 Å². The molecule has 0 bridgehead atoms. The van der Waals surface area contributed by atoms with Crippen molar-refractivity contribution in [2.45, 2.75) is 66.8 Å². The van der Waals surface area contributed by atoms with Crippen LogP contribution in [0, 0.1) is 23.2 Å². The lowest BCUT2D eigenvalue weighted by atomic mass is 9.78. The van der Waals surface area contributed by atoms with E-state index < -0.39 is 0 Å². The summed E-state index contributed by atoms with van der Waals surface area (Å²) in [7, 11) is 0. The van der Waals surface area contributed by atoms with Crippen LogP contribution in [-0.2, 0) is 0 Å². The summed E-state index contributed by atoms with van der Waals surface area (Å²) in [6.45, 7) is 15.4. The molecular formula is C15H31N. The number of rotatable bonds is 3. The third-order valence-electron chi connectivity index (χ3n) is 4.60. The highest BCUT2D eigenvalue weighted by Gasteiger charge is 2.26. The van der Waals surface area contributed by atoms with Gasteiger partial charge in [0.15, 0.2) is 0 Å². The van der Waals surface area contributed by atoms with Crippen LogP contribution >= 0.6 is 0 Å². The average molecular weight is 225 g/mol. The van der Waals surface area contributed by atoms with Crippen LogP contribution in [-0.4, -0.2) is 12.6 Å². The van der Waals surface area contributed by atoms with Gasteiger partial charge in [0.05, 0.1) is 0 Å². The molecule has 96 valence electrons. The standard InChI is InChI=1S/C15H31N/c1-11-7-8-14(12(2)9-11)16-10-13(3)15(4,5)6/h11-14,16H,7-10H2,1-6H3. The van der Waals surface area contributed by atoms with E-state index in [1.807, 2.05) is 0 Å². The van der Waals surface area contributed by atoms with Gasteiger partial charge in [0, 0.05) is 6.04 Å². The van der Waals surface area contributed by atoms with E-state index in [4.69, 9.17) is 0 Å². The molecule has 1 rings (SSSR count). The van der Waals surface area contributed by atoms with Crippen molar-refractivity contribution in [3.8, 4) is 0 Å². The van der Waals surface area contributed by atoms with E-state index in [1.54, 1.807) is 0 Å². The third kappa shape index (κ3) is 4.08. The van der Waals surface area contributed by atoms with Gasteiger partial charge >= 0.3 is 0 Å². The van der Waals surface area contributed by atoms with Crippen molar-refractivity contribution in [3.63, 3.8) is 0 Å². The first-order chi connectivity index (χ1) is 7.30. The van der Waals surface area contributed by atoms with Gasteiger partial charge in [-0.15, -0.1) is 0 Å². The van der Waals surface area contributed by atoms with Crippen molar-refractivity contribution in [2.24, 2.45) is 23.2 Å². The molecule has 0 aromatic heterocycles. The highest BCUT2D eigenvalue weighted by Crippen LogP contribution is 2.30. The summed E-state index contributed by atoms with van der Waals surface area (Å²) in [6, 6.07) is 0.765. The second kappa shape index (κ2) is 5.53. The van der Waals surface area contributed by atoms with Gasteiger partial charge in [-0.25, -0.2) is 0 Å². The molecule has 4 unspecified atom stereocenters. The van der Waals surface area contributed by atoms with Gasteiger partial charge < -0.3 is 5.32 Å². The van der Waals surface area contributed by atoms with Gasteiger partial charge in [0.2, 0.25) is 0 Å². The molecule has 0 spiro atoms. The Bertz CT molecular complexity index is 204. The zero-order chi connectivity index (χ0) is 12.3. The molecule has 0 amide bonds. The monoisotopic (exact) mass is 225 g/mol. The predicted octanol–water partition coefficient (Wildman–Crippen LogP) is 4.08. The summed E-state index contributed by atoms with van der Waals surface area (Å²) >= 11 is 0. The van der Waals surface area contributed by atoms with Crippen molar-refractivity contribution in [2.75, 3.05) is 6.54 Å². The van der Waals surface area contributed by atoms with E-state index in [9.17, 15) is 0 Å². The minimum absolute atomic E-state index is 0.429. The van der Waals surface area contributed by atoms with Crippen LogP contribution in [0.25, 0.3) is 0 Å². The first-order valence-electron chi connectivity index (χ1n) is 7.04. The lowest BCUT2D eigenvalue weighted by Gasteiger charge is -2.36. The summed E-state index contributed by atoms with van der Waals surface area (Å²) in [5, 5.41) is 3.80. The number of hydrogen-bond acceptors (Lipinski definition) is 1. The third-order valence-corrected chi connectivity index (χ3v) is 4.60. The highest BCUT2D eigenvalue weighted by molar-refractivity contribution is 4.82. The molecule has 0 aromatic carbocycles. The summed E-state index contributed by atoms with van der Waals surface area (Å²) in [5.41, 5.74) is 0.429. The Labute approximate surface area is 102 Å². The number of nitrogens with one attached hydrogen (secondary N) is 1. The largest absolute Gasteiger partial charge is 0.313 e. The smallest absolute Gasteiger partial charge is 0.00930 e. The van der Waals surface area contributed by atoms with Crippen molar-refractivity contribution >= 4 is 0 Å². The van der Waals surface area contributed by atoms with Crippen LogP contribution in [0.1, 0.15) is 60.8 Å². The van der Waals surface area contributed by atoms with Gasteiger partial charge in [-0.05, 0) is 49.0 Å². The fourth-order valence-electron chi connectivity index (χ4n) is 2.60. The summed E-state index contributed by atoms with van der Waals surface area (Å²) in [5.74, 6) is 2.54. The Kier molecular flexibility index (Phi) is 4.85. The Hall–Kier alpha value is -0.0400. The Morgan fingerprint density at radius 2 is 1.81 bits per heavy atom. The molecular weight excluding hydrogens is 194 g/mol. The van der Waals surface area contributed by atoms with Crippen LogP contribution in [0.3, 0.4) is 0 Å². The molecule has 0 aliphatic heterocycles. The Balaban J connectivity index is 2.33. The molecule has 0 heterocycles. The lowest BCUT2D eigenvalue weighted by Crippen LogP contribution is -2.42. The maximum atomic E-state index is 3.80. The van der Waals surface area contributed by atoms with E-state index >= 15 is 0 Å². The Morgan fingerprint density at radius 1 is 1.19 bits per heavy atom. The molecule has 16 heavy (non-hydrogen) atoms. The van der Waals surface area contributed by atoms with Gasteiger partial charge in [0.1, 0.15) is 0 Å². The Morgan fingerprint density at radius 3 is 2.31 bits per heavy atom. The SMILES string of the molecule is CC1CCC(NCC(C)C(C)(C)C)C(C)C1. The van der Waals surface area contributed by atoms with E-state index in [0.29, 0.717) is 5.41 Å². The average Bonchev–Trinajstić information content (AvgIpc) is 2.14. The van der Waals surface area contributed by atoms with Gasteiger partial charge in [-0.1, -0.05) is 41.5 Å². The normalized spacial score (nSPS) is 33.8. The molecule has 4 atom stereocenters. The maximum absolute atomic E-state index is 3.80. The van der Waals surface area contributed by atoms with Crippen LogP contribution < -0.4 is 5.32 Å². The lowest BCUT2D eigenvalue weighted by molar-refractivity contribution is 0.193. The van der Waals surface area contributed by atoms with Gasteiger partial charge in [-0.2, -0.15) is 0 Å². The second-order valence-electron chi connectivity index (χ2n) is 7.18. The minimum Gasteiger partial charge on any atom is -0.313 e. The van der Waals surface area contributed by atoms with Crippen LogP contribution in [0.4, 0.5) is 0 Å². The molecule has 0 aromatic rings. The molecule has 1 N–H and O–H groups in total. The van der Waals surface area contributed by atoms with Gasteiger partial charge in [0.25, 0.3) is 0 Å². The first-order valence-corrected chi connectivity index (χ1v) is 7.04. The minimum atomic E-state index is 0.429. The fraction of sp³-hybridized carbons (Fsp3) is 1.00. The quantitative estimate of drug-likeness (QED) is 0.763. The van der Waals surface area contributed by atoms with E-state index in [-0.39, 0.29) is 0 Å². The summed E-state index contributed by atoms with van der Waals surface area (Å²) < 4.78 is 0. The zero-order valence-corrected chi connectivity index (χ0v) is 12.1. The van der Waals surface area contributed by atoms with Crippen molar-refractivity contribution in [3.05, 3.63) is 0 Å². The van der Waals surface area contributed by atoms with Crippen molar-refractivity contribution in [1.29, 1.82) is 0 Å². The van der Waals surface area contributed by atoms with E-state index in [0.717, 1.165) is 23.8 Å². The predicted molar refractivity (Wildman–Crippen MR) is 72.6 cm³/mol. The topological polar surface area (TPSA) is 12.0 Å². The molecule has 1 aliphatic rings.